The molecule has 1 aromatic carbocycles. The Bertz CT molecular complexity index is 329. The molecule has 1 nitrogen and oxygen atoms in total. The Morgan fingerprint density at radius 2 is 1.75 bits per heavy atom. The Morgan fingerprint density at radius 3 is 2.31 bits per heavy atom. The van der Waals surface area contributed by atoms with Crippen LogP contribution in [0.25, 0.3) is 0 Å². The van der Waals surface area contributed by atoms with Gasteiger partial charge < -0.3 is 28.5 Å². The molecule has 16 heavy (non-hydrogen) atoms. The van der Waals surface area contributed by atoms with Crippen LogP contribution in [0.1, 0.15) is 30.9 Å². The fourth-order valence-corrected chi connectivity index (χ4v) is 2.74. The largest absolute Gasteiger partial charge is 1.00 e. The van der Waals surface area contributed by atoms with Gasteiger partial charge in [0.15, 0.2) is 0 Å². The quantitative estimate of drug-likeness (QED) is 0.546. The van der Waals surface area contributed by atoms with Crippen LogP contribution >= 0.6 is 0 Å². The van der Waals surface area contributed by atoms with Gasteiger partial charge in [-0.3, -0.25) is 0 Å². The minimum Gasteiger partial charge on any atom is -1.00 e. The smallest absolute Gasteiger partial charge is 0.105 e. The van der Waals surface area contributed by atoms with E-state index in [-0.39, 0.29) is 24.0 Å². The molecule has 1 aromatic rings. The number of hydrogen-bond acceptors (Lipinski definition) is 0. The Kier molecular flexibility index (Phi) is 5.25. The van der Waals surface area contributed by atoms with Crippen LogP contribution in [0.4, 0.5) is 0 Å². The number of likely N-dealkylation sites (tertiary alicyclic amines) is 1. The van der Waals surface area contributed by atoms with Gasteiger partial charge in [-0.1, -0.05) is 24.3 Å². The van der Waals surface area contributed by atoms with Crippen molar-refractivity contribution in [1.29, 1.82) is 0 Å². The summed E-state index contributed by atoms with van der Waals surface area (Å²) in [5.74, 6) is 0. The Morgan fingerprint density at radius 1 is 1.12 bits per heavy atom. The Labute approximate surface area is 116 Å². The summed E-state index contributed by atoms with van der Waals surface area (Å²) in [6.45, 7) is 9.86. The van der Waals surface area contributed by atoms with Crippen LogP contribution in [0.5, 0.6) is 0 Å². The van der Waals surface area contributed by atoms with E-state index in [1.54, 1.807) is 5.56 Å². The predicted octanol–water partition coefficient (Wildman–Crippen LogP) is 0.130. The number of nitrogens with zero attached hydrogens (tertiary/aromatic N) is 1. The molecule has 0 spiro atoms. The normalized spacial score (nSPS) is 18.1. The van der Waals surface area contributed by atoms with E-state index in [9.17, 15) is 0 Å². The number of quaternary nitrogens is 1. The maximum atomic E-state index is 2.34. The van der Waals surface area contributed by atoms with E-state index in [4.69, 9.17) is 0 Å². The van der Waals surface area contributed by atoms with Gasteiger partial charge in [-0.25, -0.2) is 0 Å². The molecule has 0 unspecified atom stereocenters. The lowest BCUT2D eigenvalue weighted by molar-refractivity contribution is -0.928. The van der Waals surface area contributed by atoms with Crippen molar-refractivity contribution in [1.82, 2.24) is 0 Å². The number of hydrogen-bond donors (Lipinski definition) is 0. The van der Waals surface area contributed by atoms with E-state index in [0.717, 1.165) is 0 Å². The van der Waals surface area contributed by atoms with Crippen LogP contribution in [-0.4, -0.2) is 24.1 Å². The lowest BCUT2D eigenvalue weighted by Gasteiger charge is -2.33. The molecule has 1 heterocycles. The molecule has 1 fully saturated rings. The standard InChI is InChI=1S/C14H22N.HI/c1-3-15(10-6-7-11-15)12-14-9-5-4-8-13(14)2;/h4-5,8-9H,3,6-7,10-12H2,1-2H3;1H/q+1;/p-1. The molecule has 0 amide bonds. The monoisotopic (exact) mass is 331 g/mol. The zero-order chi connectivity index (χ0) is 10.7. The van der Waals surface area contributed by atoms with Gasteiger partial charge in [0.1, 0.15) is 6.54 Å². The SMILES string of the molecule is CC[N+]1(Cc2ccccc2C)CCCC1.[I-]. The highest BCUT2D eigenvalue weighted by atomic mass is 127. The van der Waals surface area contributed by atoms with E-state index in [0.29, 0.717) is 0 Å². The Hall–Kier alpha value is -0.0900. The number of aryl methyl sites for hydroxylation is 1. The molecule has 2 heteroatoms. The second-order valence-corrected chi connectivity index (χ2v) is 4.90. The third kappa shape index (κ3) is 2.98. The van der Waals surface area contributed by atoms with Crippen LogP contribution in [0.15, 0.2) is 24.3 Å². The summed E-state index contributed by atoms with van der Waals surface area (Å²) < 4.78 is 1.31. The van der Waals surface area contributed by atoms with Crippen molar-refractivity contribution in [2.45, 2.75) is 33.2 Å². The summed E-state index contributed by atoms with van der Waals surface area (Å²) in [4.78, 5) is 0. The van der Waals surface area contributed by atoms with Gasteiger partial charge in [0.25, 0.3) is 0 Å². The van der Waals surface area contributed by atoms with Crippen LogP contribution < -0.4 is 24.0 Å². The summed E-state index contributed by atoms with van der Waals surface area (Å²) in [6.07, 6.45) is 2.83. The van der Waals surface area contributed by atoms with Gasteiger partial charge in [0, 0.05) is 18.4 Å². The van der Waals surface area contributed by atoms with Gasteiger partial charge in [-0.2, -0.15) is 0 Å². The molecular weight excluding hydrogens is 309 g/mol. The summed E-state index contributed by atoms with van der Waals surface area (Å²) >= 11 is 0. The maximum Gasteiger partial charge on any atom is 0.105 e. The molecule has 0 atom stereocenters. The third-order valence-corrected chi connectivity index (χ3v) is 3.95. The second kappa shape index (κ2) is 6.01. The van der Waals surface area contributed by atoms with E-state index in [1.807, 2.05) is 0 Å². The highest BCUT2D eigenvalue weighted by molar-refractivity contribution is 5.24. The molecule has 0 aromatic heterocycles. The van der Waals surface area contributed by atoms with Gasteiger partial charge in [-0.15, -0.1) is 0 Å². The van der Waals surface area contributed by atoms with Gasteiger partial charge in [-0.05, 0) is 19.4 Å². The lowest BCUT2D eigenvalue weighted by Crippen LogP contribution is -3.00. The van der Waals surface area contributed by atoms with E-state index in [2.05, 4.69) is 38.1 Å². The molecular formula is C14H22IN. The summed E-state index contributed by atoms with van der Waals surface area (Å²) in [6, 6.07) is 8.84. The molecule has 1 aliphatic heterocycles. The summed E-state index contributed by atoms with van der Waals surface area (Å²) in [7, 11) is 0. The zero-order valence-electron chi connectivity index (χ0n) is 10.4. The predicted molar refractivity (Wildman–Crippen MR) is 64.7 cm³/mol. The zero-order valence-corrected chi connectivity index (χ0v) is 12.5. The van der Waals surface area contributed by atoms with Crippen LogP contribution in [0.2, 0.25) is 0 Å². The average Bonchev–Trinajstić information content (AvgIpc) is 2.71. The number of halogens is 1. The topological polar surface area (TPSA) is 0 Å². The first-order valence-corrected chi connectivity index (χ1v) is 6.15. The summed E-state index contributed by atoms with van der Waals surface area (Å²) in [5.41, 5.74) is 3.00. The molecule has 0 radical (unpaired) electrons. The third-order valence-electron chi connectivity index (χ3n) is 3.95. The van der Waals surface area contributed by atoms with Gasteiger partial charge >= 0.3 is 0 Å². The molecule has 0 N–H and O–H groups in total. The highest BCUT2D eigenvalue weighted by Crippen LogP contribution is 2.24. The highest BCUT2D eigenvalue weighted by Gasteiger charge is 2.30. The first kappa shape index (κ1) is 14.0. The molecule has 0 bridgehead atoms. The molecule has 90 valence electrons. The van der Waals surface area contributed by atoms with Crippen molar-refractivity contribution in [3.05, 3.63) is 35.4 Å². The van der Waals surface area contributed by atoms with Crippen molar-refractivity contribution in [3.8, 4) is 0 Å². The van der Waals surface area contributed by atoms with Gasteiger partial charge in [0.2, 0.25) is 0 Å². The number of benzene rings is 1. The minimum atomic E-state index is 0. The summed E-state index contributed by atoms with van der Waals surface area (Å²) in [5, 5.41) is 0. The average molecular weight is 331 g/mol. The van der Waals surface area contributed by atoms with Crippen molar-refractivity contribution in [3.63, 3.8) is 0 Å². The van der Waals surface area contributed by atoms with E-state index in [1.165, 1.54) is 49.1 Å². The minimum absolute atomic E-state index is 0. The first-order valence-electron chi connectivity index (χ1n) is 6.15. The Balaban J connectivity index is 0.00000128. The van der Waals surface area contributed by atoms with E-state index < -0.39 is 0 Å². The first-order chi connectivity index (χ1) is 7.26. The van der Waals surface area contributed by atoms with Crippen LogP contribution in [-0.2, 0) is 6.54 Å². The molecule has 1 aliphatic rings. The van der Waals surface area contributed by atoms with Crippen LogP contribution in [0.3, 0.4) is 0 Å². The second-order valence-electron chi connectivity index (χ2n) is 4.90. The molecule has 0 saturated carbocycles. The van der Waals surface area contributed by atoms with Crippen molar-refractivity contribution in [2.75, 3.05) is 19.6 Å². The maximum absolute atomic E-state index is 2.34. The van der Waals surface area contributed by atoms with Gasteiger partial charge in [0.05, 0.1) is 19.6 Å². The molecule has 2 rings (SSSR count). The fourth-order valence-electron chi connectivity index (χ4n) is 2.74. The van der Waals surface area contributed by atoms with Crippen molar-refractivity contribution in [2.24, 2.45) is 0 Å². The lowest BCUT2D eigenvalue weighted by atomic mass is 10.1. The molecule has 0 aliphatic carbocycles. The van der Waals surface area contributed by atoms with E-state index >= 15 is 0 Å². The number of rotatable bonds is 3. The van der Waals surface area contributed by atoms with Crippen molar-refractivity contribution < 1.29 is 28.5 Å². The van der Waals surface area contributed by atoms with Crippen LogP contribution in [0, 0.1) is 6.92 Å². The molecule has 1 saturated heterocycles. The van der Waals surface area contributed by atoms with Crippen molar-refractivity contribution >= 4 is 0 Å². The fraction of sp³-hybridized carbons (Fsp3) is 0.571.